The van der Waals surface area contributed by atoms with E-state index >= 15 is 0 Å². The highest BCUT2D eigenvalue weighted by atomic mass is 15.2. The molecule has 2 aromatic carbocycles. The zero-order chi connectivity index (χ0) is 14.1. The molecule has 0 aliphatic carbocycles. The standard InChI is InChI=1S/C16H15N5/c1-2-4-11(5-3-1)13-8-12(21-16-17-6-7-18-16)9-14-15(13)20-10-19-14/h1-5,8-10H,6-7H2,(H,19,20)(H2,17,18,21). The quantitative estimate of drug-likeness (QED) is 0.674. The van der Waals surface area contributed by atoms with E-state index in [2.05, 4.69) is 49.9 Å². The molecule has 0 saturated heterocycles. The Morgan fingerprint density at radius 3 is 2.81 bits per heavy atom. The number of anilines is 1. The van der Waals surface area contributed by atoms with Crippen molar-refractivity contribution in [2.75, 3.05) is 18.4 Å². The van der Waals surface area contributed by atoms with Crippen LogP contribution in [0.25, 0.3) is 22.2 Å². The van der Waals surface area contributed by atoms with Crippen LogP contribution in [0.1, 0.15) is 0 Å². The van der Waals surface area contributed by atoms with Crippen LogP contribution in [0.15, 0.2) is 53.8 Å². The van der Waals surface area contributed by atoms with Gasteiger partial charge < -0.3 is 15.6 Å². The van der Waals surface area contributed by atoms with Crippen LogP contribution in [0.3, 0.4) is 0 Å². The summed E-state index contributed by atoms with van der Waals surface area (Å²) in [5.41, 5.74) is 5.25. The maximum Gasteiger partial charge on any atom is 0.195 e. The number of fused-ring (bicyclic) bond motifs is 1. The summed E-state index contributed by atoms with van der Waals surface area (Å²) in [4.78, 5) is 12.0. The molecule has 104 valence electrons. The normalized spacial score (nSPS) is 14.0. The first-order chi connectivity index (χ1) is 10.4. The summed E-state index contributed by atoms with van der Waals surface area (Å²) < 4.78 is 0. The van der Waals surface area contributed by atoms with Gasteiger partial charge in [-0.3, -0.25) is 4.99 Å². The van der Waals surface area contributed by atoms with E-state index in [0.717, 1.165) is 46.9 Å². The van der Waals surface area contributed by atoms with Gasteiger partial charge in [0, 0.05) is 17.8 Å². The summed E-state index contributed by atoms with van der Waals surface area (Å²) in [6, 6.07) is 14.5. The third-order valence-electron chi connectivity index (χ3n) is 3.55. The van der Waals surface area contributed by atoms with Gasteiger partial charge in [-0.05, 0) is 17.7 Å². The van der Waals surface area contributed by atoms with Crippen LogP contribution in [0.4, 0.5) is 5.69 Å². The Bertz CT molecular complexity index is 804. The Labute approximate surface area is 122 Å². The van der Waals surface area contributed by atoms with Gasteiger partial charge in [0.2, 0.25) is 0 Å². The molecule has 0 bridgehead atoms. The van der Waals surface area contributed by atoms with E-state index in [4.69, 9.17) is 0 Å². The first-order valence-electron chi connectivity index (χ1n) is 6.98. The second kappa shape index (κ2) is 4.94. The van der Waals surface area contributed by atoms with Gasteiger partial charge in [-0.1, -0.05) is 30.3 Å². The number of nitrogens with one attached hydrogen (secondary N) is 3. The molecular weight excluding hydrogens is 262 g/mol. The smallest absolute Gasteiger partial charge is 0.195 e. The van der Waals surface area contributed by atoms with E-state index in [-0.39, 0.29) is 0 Å². The number of hydrogen-bond donors (Lipinski definition) is 3. The predicted octanol–water partition coefficient (Wildman–Crippen LogP) is 2.60. The largest absolute Gasteiger partial charge is 0.354 e. The van der Waals surface area contributed by atoms with Crippen LogP contribution < -0.4 is 10.6 Å². The average molecular weight is 277 g/mol. The predicted molar refractivity (Wildman–Crippen MR) is 85.5 cm³/mol. The van der Waals surface area contributed by atoms with Crippen LogP contribution in [0.2, 0.25) is 0 Å². The van der Waals surface area contributed by atoms with E-state index in [0.29, 0.717) is 0 Å². The third kappa shape index (κ3) is 2.23. The fourth-order valence-electron chi connectivity index (χ4n) is 2.58. The first kappa shape index (κ1) is 12.0. The van der Waals surface area contributed by atoms with Gasteiger partial charge in [-0.15, -0.1) is 0 Å². The van der Waals surface area contributed by atoms with Crippen molar-refractivity contribution in [3.8, 4) is 11.1 Å². The van der Waals surface area contributed by atoms with Crippen molar-refractivity contribution >= 4 is 22.7 Å². The maximum atomic E-state index is 4.44. The minimum atomic E-state index is 0.820. The van der Waals surface area contributed by atoms with Gasteiger partial charge in [-0.2, -0.15) is 0 Å². The monoisotopic (exact) mass is 277 g/mol. The zero-order valence-corrected chi connectivity index (χ0v) is 11.4. The van der Waals surface area contributed by atoms with Crippen LogP contribution in [-0.2, 0) is 0 Å². The number of guanidine groups is 1. The maximum absolute atomic E-state index is 4.44. The Hall–Kier alpha value is -2.82. The molecule has 0 spiro atoms. The van der Waals surface area contributed by atoms with E-state index in [9.17, 15) is 0 Å². The molecular formula is C16H15N5. The molecule has 0 saturated carbocycles. The fraction of sp³-hybridized carbons (Fsp3) is 0.125. The van der Waals surface area contributed by atoms with E-state index in [1.54, 1.807) is 6.33 Å². The Morgan fingerprint density at radius 2 is 2.00 bits per heavy atom. The number of nitrogens with zero attached hydrogens (tertiary/aromatic N) is 2. The molecule has 4 rings (SSSR count). The summed E-state index contributed by atoms with van der Waals surface area (Å²) >= 11 is 0. The van der Waals surface area contributed by atoms with Crippen molar-refractivity contribution in [3.63, 3.8) is 0 Å². The molecule has 5 nitrogen and oxygen atoms in total. The van der Waals surface area contributed by atoms with Crippen molar-refractivity contribution < 1.29 is 0 Å². The van der Waals surface area contributed by atoms with Crippen molar-refractivity contribution in [2.45, 2.75) is 0 Å². The molecule has 0 atom stereocenters. The molecule has 1 aromatic heterocycles. The van der Waals surface area contributed by atoms with Crippen molar-refractivity contribution in [2.24, 2.45) is 4.99 Å². The van der Waals surface area contributed by atoms with Crippen LogP contribution in [0, 0.1) is 0 Å². The lowest BCUT2D eigenvalue weighted by molar-refractivity contribution is 0.959. The molecule has 0 amide bonds. The van der Waals surface area contributed by atoms with Crippen molar-refractivity contribution in [1.29, 1.82) is 0 Å². The average Bonchev–Trinajstić information content (AvgIpc) is 3.18. The number of benzene rings is 2. The molecule has 0 radical (unpaired) electrons. The number of H-pyrrole nitrogens is 1. The molecule has 0 unspecified atom stereocenters. The molecule has 1 aliphatic heterocycles. The molecule has 3 N–H and O–H groups in total. The Morgan fingerprint density at radius 1 is 1.10 bits per heavy atom. The molecule has 5 heteroatoms. The van der Waals surface area contributed by atoms with E-state index in [1.165, 1.54) is 0 Å². The lowest BCUT2D eigenvalue weighted by atomic mass is 10.0. The summed E-state index contributed by atoms with van der Waals surface area (Å²) in [5.74, 6) is 0.827. The third-order valence-corrected chi connectivity index (χ3v) is 3.55. The number of hydrogen-bond acceptors (Lipinski definition) is 4. The molecule has 2 heterocycles. The first-order valence-corrected chi connectivity index (χ1v) is 6.98. The Kier molecular flexibility index (Phi) is 2.81. The van der Waals surface area contributed by atoms with E-state index < -0.39 is 0 Å². The summed E-state index contributed by atoms with van der Waals surface area (Å²) in [6.45, 7) is 1.71. The van der Waals surface area contributed by atoms with Gasteiger partial charge in [0.25, 0.3) is 0 Å². The lowest BCUT2D eigenvalue weighted by Gasteiger charge is -2.10. The van der Waals surface area contributed by atoms with Crippen LogP contribution >= 0.6 is 0 Å². The van der Waals surface area contributed by atoms with Crippen LogP contribution in [0.5, 0.6) is 0 Å². The highest BCUT2D eigenvalue weighted by Gasteiger charge is 2.11. The number of aliphatic imine (C=N–C) groups is 1. The molecule has 3 aromatic rings. The summed E-state index contributed by atoms with van der Waals surface area (Å²) in [7, 11) is 0. The van der Waals surface area contributed by atoms with Gasteiger partial charge in [0.15, 0.2) is 5.96 Å². The minimum absolute atomic E-state index is 0.820. The van der Waals surface area contributed by atoms with Gasteiger partial charge in [0.1, 0.15) is 0 Å². The minimum Gasteiger partial charge on any atom is -0.354 e. The van der Waals surface area contributed by atoms with Gasteiger partial charge >= 0.3 is 0 Å². The van der Waals surface area contributed by atoms with Gasteiger partial charge in [0.05, 0.1) is 23.9 Å². The van der Waals surface area contributed by atoms with Gasteiger partial charge in [-0.25, -0.2) is 4.98 Å². The Balaban J connectivity index is 1.82. The molecule has 1 aliphatic rings. The second-order valence-corrected chi connectivity index (χ2v) is 4.97. The molecule has 21 heavy (non-hydrogen) atoms. The van der Waals surface area contributed by atoms with Crippen LogP contribution in [-0.4, -0.2) is 29.0 Å². The summed E-state index contributed by atoms with van der Waals surface area (Å²) in [6.07, 6.45) is 1.73. The summed E-state index contributed by atoms with van der Waals surface area (Å²) in [5, 5.41) is 6.54. The van der Waals surface area contributed by atoms with E-state index in [1.807, 2.05) is 18.2 Å². The number of aromatic nitrogens is 2. The SMILES string of the molecule is c1ccc(-c2cc(NC3=NCCN3)cc3[nH]cnc23)cc1. The van der Waals surface area contributed by atoms with Crippen molar-refractivity contribution in [3.05, 3.63) is 48.8 Å². The van der Waals surface area contributed by atoms with Crippen molar-refractivity contribution in [1.82, 2.24) is 15.3 Å². The number of imidazole rings is 1. The number of rotatable bonds is 2. The lowest BCUT2D eigenvalue weighted by Crippen LogP contribution is -2.26. The highest BCUT2D eigenvalue weighted by Crippen LogP contribution is 2.30. The topological polar surface area (TPSA) is 65.1 Å². The highest BCUT2D eigenvalue weighted by molar-refractivity contribution is 6.00. The molecule has 0 fully saturated rings. The fourth-order valence-corrected chi connectivity index (χ4v) is 2.58. The number of aromatic amines is 1. The second-order valence-electron chi connectivity index (χ2n) is 4.97. The zero-order valence-electron chi connectivity index (χ0n) is 11.4.